The Morgan fingerprint density at radius 2 is 2.00 bits per heavy atom. The van der Waals surface area contributed by atoms with Gasteiger partial charge in [-0.1, -0.05) is 12.1 Å². The highest BCUT2D eigenvalue weighted by atomic mass is 32.2. The van der Waals surface area contributed by atoms with Crippen molar-refractivity contribution < 1.29 is 8.42 Å². The first kappa shape index (κ1) is 12.1. The van der Waals surface area contributed by atoms with Crippen LogP contribution in [0.25, 0.3) is 0 Å². The maximum absolute atomic E-state index is 12.4. The van der Waals surface area contributed by atoms with Crippen LogP contribution in [0, 0.1) is 12.8 Å². The third-order valence-electron chi connectivity index (χ3n) is 3.96. The molecule has 2 N–H and O–H groups in total. The molecule has 0 amide bonds. The lowest BCUT2D eigenvalue weighted by atomic mass is 9.88. The predicted molar refractivity (Wildman–Crippen MR) is 69.6 cm³/mol. The van der Waals surface area contributed by atoms with Gasteiger partial charge in [-0.3, -0.25) is 0 Å². The third-order valence-corrected chi connectivity index (χ3v) is 5.75. The van der Waals surface area contributed by atoms with E-state index in [1.54, 1.807) is 18.2 Å². The van der Waals surface area contributed by atoms with Crippen LogP contribution < -0.4 is 5.73 Å². The van der Waals surface area contributed by atoms with E-state index in [1.165, 1.54) is 4.31 Å². The van der Waals surface area contributed by atoms with Crippen LogP contribution in [0.3, 0.4) is 0 Å². The first-order chi connectivity index (χ1) is 8.42. The Morgan fingerprint density at radius 3 is 2.56 bits per heavy atom. The first-order valence-corrected chi connectivity index (χ1v) is 7.71. The van der Waals surface area contributed by atoms with Crippen LogP contribution >= 0.6 is 0 Å². The van der Waals surface area contributed by atoms with Crippen molar-refractivity contribution >= 4 is 10.0 Å². The summed E-state index contributed by atoms with van der Waals surface area (Å²) in [7, 11) is -3.35. The van der Waals surface area contributed by atoms with Gasteiger partial charge < -0.3 is 5.73 Å². The Hall–Kier alpha value is -0.910. The smallest absolute Gasteiger partial charge is 0.243 e. The van der Waals surface area contributed by atoms with E-state index in [-0.39, 0.29) is 5.54 Å². The number of hydrogen-bond acceptors (Lipinski definition) is 3. The van der Waals surface area contributed by atoms with Crippen LogP contribution in [-0.2, 0) is 10.0 Å². The fourth-order valence-corrected chi connectivity index (χ4v) is 4.33. The molecule has 3 rings (SSSR count). The molecule has 1 aromatic rings. The second-order valence-electron chi connectivity index (χ2n) is 5.60. The average molecular weight is 266 g/mol. The van der Waals surface area contributed by atoms with E-state index in [1.807, 2.05) is 13.0 Å². The lowest BCUT2D eigenvalue weighted by Gasteiger charge is -2.47. The molecule has 1 heterocycles. The largest absolute Gasteiger partial charge is 0.323 e. The first-order valence-electron chi connectivity index (χ1n) is 6.27. The van der Waals surface area contributed by atoms with Crippen molar-refractivity contribution in [1.82, 2.24) is 4.31 Å². The molecular formula is C13H18N2O2S. The molecule has 2 aliphatic rings. The van der Waals surface area contributed by atoms with E-state index < -0.39 is 10.0 Å². The highest BCUT2D eigenvalue weighted by Gasteiger charge is 2.53. The molecular weight excluding hydrogens is 248 g/mol. The van der Waals surface area contributed by atoms with Crippen LogP contribution in [0.2, 0.25) is 0 Å². The van der Waals surface area contributed by atoms with Crippen LogP contribution in [0.15, 0.2) is 29.2 Å². The number of nitrogens with two attached hydrogens (primary N) is 1. The predicted octanol–water partition coefficient (Wildman–Crippen LogP) is 1.11. The number of hydrogen-bond donors (Lipinski definition) is 1. The molecule has 0 unspecified atom stereocenters. The van der Waals surface area contributed by atoms with E-state index in [4.69, 9.17) is 5.73 Å². The Labute approximate surface area is 108 Å². The molecule has 2 fully saturated rings. The van der Waals surface area contributed by atoms with Gasteiger partial charge in [-0.15, -0.1) is 0 Å². The highest BCUT2D eigenvalue weighted by molar-refractivity contribution is 7.89. The lowest BCUT2D eigenvalue weighted by Crippen LogP contribution is -2.69. The molecule has 18 heavy (non-hydrogen) atoms. The number of aryl methyl sites for hydroxylation is 1. The van der Waals surface area contributed by atoms with Gasteiger partial charge in [0.25, 0.3) is 0 Å². The average Bonchev–Trinajstić information content (AvgIpc) is 3.08. The number of rotatable bonds is 3. The van der Waals surface area contributed by atoms with Crippen molar-refractivity contribution in [3.8, 4) is 0 Å². The SMILES string of the molecule is Cc1cccc(S(=O)(=O)N2CC(N)(C3CC3)C2)c1. The lowest BCUT2D eigenvalue weighted by molar-refractivity contribution is 0.135. The van der Waals surface area contributed by atoms with Gasteiger partial charge >= 0.3 is 0 Å². The molecule has 1 aliphatic heterocycles. The van der Waals surface area contributed by atoms with Crippen molar-refractivity contribution in [1.29, 1.82) is 0 Å². The number of nitrogens with zero attached hydrogens (tertiary/aromatic N) is 1. The van der Waals surface area contributed by atoms with Gasteiger partial charge in [-0.25, -0.2) is 8.42 Å². The second-order valence-corrected chi connectivity index (χ2v) is 7.53. The summed E-state index contributed by atoms with van der Waals surface area (Å²) in [4.78, 5) is 0.375. The molecule has 0 aromatic heterocycles. The van der Waals surface area contributed by atoms with Crippen molar-refractivity contribution in [2.24, 2.45) is 11.7 Å². The standard InChI is InChI=1S/C13H18N2O2S/c1-10-3-2-4-12(7-10)18(16,17)15-8-13(14,9-15)11-5-6-11/h2-4,7,11H,5-6,8-9,14H2,1H3. The van der Waals surface area contributed by atoms with Crippen LogP contribution in [0.1, 0.15) is 18.4 Å². The van der Waals surface area contributed by atoms with Gasteiger partial charge in [0, 0.05) is 18.6 Å². The fraction of sp³-hybridized carbons (Fsp3) is 0.538. The maximum atomic E-state index is 12.4. The molecule has 1 saturated heterocycles. The van der Waals surface area contributed by atoms with E-state index in [0.717, 1.165) is 18.4 Å². The molecule has 5 heteroatoms. The van der Waals surface area contributed by atoms with Gasteiger partial charge in [0.2, 0.25) is 10.0 Å². The van der Waals surface area contributed by atoms with Gasteiger partial charge in [-0.2, -0.15) is 4.31 Å². The second kappa shape index (κ2) is 3.79. The molecule has 4 nitrogen and oxygen atoms in total. The van der Waals surface area contributed by atoms with E-state index in [0.29, 0.717) is 23.9 Å². The van der Waals surface area contributed by atoms with E-state index >= 15 is 0 Å². The van der Waals surface area contributed by atoms with Crippen LogP contribution in [0.4, 0.5) is 0 Å². The summed E-state index contributed by atoms with van der Waals surface area (Å²) in [6.07, 6.45) is 2.30. The summed E-state index contributed by atoms with van der Waals surface area (Å²) < 4.78 is 26.2. The summed E-state index contributed by atoms with van der Waals surface area (Å²) >= 11 is 0. The Kier molecular flexibility index (Phi) is 2.56. The minimum absolute atomic E-state index is 0.267. The molecule has 0 bridgehead atoms. The van der Waals surface area contributed by atoms with E-state index in [9.17, 15) is 8.42 Å². The highest BCUT2D eigenvalue weighted by Crippen LogP contribution is 2.44. The number of benzene rings is 1. The summed E-state index contributed by atoms with van der Waals surface area (Å²) in [5.74, 6) is 0.529. The van der Waals surface area contributed by atoms with Crippen molar-refractivity contribution in [3.63, 3.8) is 0 Å². The van der Waals surface area contributed by atoms with Crippen LogP contribution in [0.5, 0.6) is 0 Å². The Balaban J connectivity index is 1.80. The molecule has 0 radical (unpaired) electrons. The maximum Gasteiger partial charge on any atom is 0.243 e. The topological polar surface area (TPSA) is 63.4 Å². The molecule has 1 aromatic carbocycles. The Morgan fingerprint density at radius 1 is 1.33 bits per heavy atom. The summed E-state index contributed by atoms with van der Waals surface area (Å²) in [5.41, 5.74) is 6.89. The van der Waals surface area contributed by atoms with Crippen LogP contribution in [-0.4, -0.2) is 31.4 Å². The van der Waals surface area contributed by atoms with Crippen molar-refractivity contribution in [2.75, 3.05) is 13.1 Å². The fourth-order valence-electron chi connectivity index (χ4n) is 2.62. The summed E-state index contributed by atoms with van der Waals surface area (Å²) in [6.45, 7) is 2.83. The van der Waals surface area contributed by atoms with Gasteiger partial charge in [-0.05, 0) is 43.4 Å². The van der Waals surface area contributed by atoms with Gasteiger partial charge in [0.05, 0.1) is 4.90 Å². The molecule has 1 aliphatic carbocycles. The Bertz CT molecular complexity index is 572. The quantitative estimate of drug-likeness (QED) is 0.891. The molecule has 1 saturated carbocycles. The zero-order valence-corrected chi connectivity index (χ0v) is 11.3. The van der Waals surface area contributed by atoms with Gasteiger partial charge in [0.1, 0.15) is 0 Å². The zero-order valence-electron chi connectivity index (χ0n) is 10.5. The summed E-state index contributed by atoms with van der Waals surface area (Å²) in [5, 5.41) is 0. The van der Waals surface area contributed by atoms with Gasteiger partial charge in [0.15, 0.2) is 0 Å². The van der Waals surface area contributed by atoms with Crippen molar-refractivity contribution in [2.45, 2.75) is 30.2 Å². The molecule has 98 valence electrons. The van der Waals surface area contributed by atoms with E-state index in [2.05, 4.69) is 0 Å². The monoisotopic (exact) mass is 266 g/mol. The van der Waals surface area contributed by atoms with Crippen molar-refractivity contribution in [3.05, 3.63) is 29.8 Å². The summed E-state index contributed by atoms with van der Waals surface area (Å²) in [6, 6.07) is 7.03. The molecule has 0 spiro atoms. The zero-order chi connectivity index (χ0) is 13.0. The third kappa shape index (κ3) is 1.86. The minimum Gasteiger partial charge on any atom is -0.323 e. The minimum atomic E-state index is -3.35. The molecule has 0 atom stereocenters. The number of sulfonamides is 1. The normalized spacial score (nSPS) is 23.7.